The molecule has 0 amide bonds. The van der Waals surface area contributed by atoms with Crippen molar-refractivity contribution in [1.29, 1.82) is 0 Å². The molecule has 0 aromatic carbocycles. The van der Waals surface area contributed by atoms with Crippen molar-refractivity contribution in [1.82, 2.24) is 15.2 Å². The SMILES string of the molecule is CN(C)CCOc1cc(CNC2CCCc3occc32)ccn1. The molecular weight excluding hydrogens is 290 g/mol. The zero-order valence-electron chi connectivity index (χ0n) is 13.9. The van der Waals surface area contributed by atoms with Crippen molar-refractivity contribution in [2.75, 3.05) is 27.2 Å². The van der Waals surface area contributed by atoms with Gasteiger partial charge in [0.25, 0.3) is 0 Å². The van der Waals surface area contributed by atoms with Gasteiger partial charge >= 0.3 is 0 Å². The monoisotopic (exact) mass is 315 g/mol. The molecule has 0 aliphatic heterocycles. The van der Waals surface area contributed by atoms with Gasteiger partial charge in [0.2, 0.25) is 5.88 Å². The molecule has 0 fully saturated rings. The van der Waals surface area contributed by atoms with Crippen LogP contribution in [0.2, 0.25) is 0 Å². The molecule has 2 heterocycles. The molecule has 1 unspecified atom stereocenters. The summed E-state index contributed by atoms with van der Waals surface area (Å²) in [4.78, 5) is 6.37. The maximum absolute atomic E-state index is 5.70. The lowest BCUT2D eigenvalue weighted by atomic mass is 9.93. The average molecular weight is 315 g/mol. The largest absolute Gasteiger partial charge is 0.476 e. The van der Waals surface area contributed by atoms with Crippen LogP contribution in [0.15, 0.2) is 35.1 Å². The number of pyridine rings is 1. The van der Waals surface area contributed by atoms with Gasteiger partial charge in [0.1, 0.15) is 12.4 Å². The maximum atomic E-state index is 5.70. The summed E-state index contributed by atoms with van der Waals surface area (Å²) >= 11 is 0. The van der Waals surface area contributed by atoms with E-state index in [0.717, 1.165) is 31.7 Å². The Hall–Kier alpha value is -1.85. The van der Waals surface area contributed by atoms with Gasteiger partial charge in [-0.2, -0.15) is 0 Å². The van der Waals surface area contributed by atoms with E-state index in [-0.39, 0.29) is 0 Å². The lowest BCUT2D eigenvalue weighted by Gasteiger charge is -2.23. The Morgan fingerprint density at radius 1 is 1.39 bits per heavy atom. The van der Waals surface area contributed by atoms with Gasteiger partial charge in [0, 0.05) is 43.4 Å². The van der Waals surface area contributed by atoms with Gasteiger partial charge in [-0.3, -0.25) is 0 Å². The van der Waals surface area contributed by atoms with Gasteiger partial charge in [-0.1, -0.05) is 0 Å². The predicted octanol–water partition coefficient (Wildman–Crippen LogP) is 2.78. The van der Waals surface area contributed by atoms with Crippen molar-refractivity contribution in [2.24, 2.45) is 0 Å². The van der Waals surface area contributed by atoms with Crippen molar-refractivity contribution < 1.29 is 9.15 Å². The number of aromatic nitrogens is 1. The van der Waals surface area contributed by atoms with Gasteiger partial charge < -0.3 is 19.4 Å². The molecule has 2 aromatic rings. The zero-order chi connectivity index (χ0) is 16.1. The molecule has 124 valence electrons. The molecule has 1 aliphatic carbocycles. The number of hydrogen-bond acceptors (Lipinski definition) is 5. The Morgan fingerprint density at radius 3 is 3.17 bits per heavy atom. The summed E-state index contributed by atoms with van der Waals surface area (Å²) in [6, 6.07) is 6.52. The Bertz CT molecular complexity index is 624. The third-order valence-corrected chi connectivity index (χ3v) is 4.19. The van der Waals surface area contributed by atoms with Crippen LogP contribution in [0.1, 0.15) is 35.8 Å². The van der Waals surface area contributed by atoms with Gasteiger partial charge in [-0.15, -0.1) is 0 Å². The van der Waals surface area contributed by atoms with E-state index in [4.69, 9.17) is 9.15 Å². The second-order valence-electron chi connectivity index (χ2n) is 6.28. The number of likely N-dealkylation sites (N-methyl/N-ethyl adjacent to an activating group) is 1. The van der Waals surface area contributed by atoms with Crippen molar-refractivity contribution in [3.8, 4) is 5.88 Å². The van der Waals surface area contributed by atoms with Crippen molar-refractivity contribution >= 4 is 0 Å². The van der Waals surface area contributed by atoms with E-state index in [1.165, 1.54) is 17.5 Å². The summed E-state index contributed by atoms with van der Waals surface area (Å²) in [7, 11) is 4.07. The minimum Gasteiger partial charge on any atom is -0.476 e. The van der Waals surface area contributed by atoms with Gasteiger partial charge in [0.15, 0.2) is 0 Å². The molecule has 0 saturated carbocycles. The van der Waals surface area contributed by atoms with Gasteiger partial charge in [-0.05, 0) is 44.6 Å². The molecule has 0 radical (unpaired) electrons. The van der Waals surface area contributed by atoms with E-state index in [9.17, 15) is 0 Å². The van der Waals surface area contributed by atoms with Crippen molar-refractivity contribution in [3.05, 3.63) is 47.5 Å². The number of furan rings is 1. The molecule has 0 saturated heterocycles. The number of aryl methyl sites for hydroxylation is 1. The number of nitrogens with one attached hydrogen (secondary N) is 1. The van der Waals surface area contributed by atoms with Crippen LogP contribution >= 0.6 is 0 Å². The standard InChI is InChI=1S/C18H25N3O2/c1-21(2)9-11-23-18-12-14(6-8-19-18)13-20-16-4-3-5-17-15(16)7-10-22-17/h6-8,10,12,16,20H,3-5,9,11,13H2,1-2H3. The van der Waals surface area contributed by atoms with E-state index >= 15 is 0 Å². The van der Waals surface area contributed by atoms with Gasteiger partial charge in [-0.25, -0.2) is 4.98 Å². The third kappa shape index (κ3) is 4.33. The van der Waals surface area contributed by atoms with Crippen LogP contribution in [-0.2, 0) is 13.0 Å². The van der Waals surface area contributed by atoms with E-state index in [2.05, 4.69) is 21.3 Å². The average Bonchev–Trinajstić information content (AvgIpc) is 3.02. The number of ether oxygens (including phenoxy) is 1. The van der Waals surface area contributed by atoms with Crippen LogP contribution in [0.3, 0.4) is 0 Å². The van der Waals surface area contributed by atoms with E-state index < -0.39 is 0 Å². The first-order chi connectivity index (χ1) is 11.2. The lowest BCUT2D eigenvalue weighted by Crippen LogP contribution is -2.24. The molecule has 2 aromatic heterocycles. The Morgan fingerprint density at radius 2 is 2.30 bits per heavy atom. The minimum absolute atomic E-state index is 0.378. The van der Waals surface area contributed by atoms with Crippen LogP contribution in [0.25, 0.3) is 0 Å². The van der Waals surface area contributed by atoms with Crippen LogP contribution in [0.4, 0.5) is 0 Å². The highest BCUT2D eigenvalue weighted by molar-refractivity contribution is 5.25. The molecular formula is C18H25N3O2. The molecule has 1 atom stereocenters. The fourth-order valence-electron chi connectivity index (χ4n) is 2.91. The quantitative estimate of drug-likeness (QED) is 0.851. The molecule has 0 spiro atoms. The zero-order valence-corrected chi connectivity index (χ0v) is 13.9. The molecule has 0 bridgehead atoms. The number of hydrogen-bond donors (Lipinski definition) is 1. The van der Waals surface area contributed by atoms with E-state index in [0.29, 0.717) is 18.5 Å². The van der Waals surface area contributed by atoms with Gasteiger partial charge in [0.05, 0.1) is 6.26 Å². The first kappa shape index (κ1) is 16.0. The highest BCUT2D eigenvalue weighted by Crippen LogP contribution is 2.30. The Kier molecular flexibility index (Phi) is 5.31. The molecule has 1 aliphatic rings. The molecule has 5 heteroatoms. The number of rotatable bonds is 7. The summed E-state index contributed by atoms with van der Waals surface area (Å²) in [5.74, 6) is 1.83. The summed E-state index contributed by atoms with van der Waals surface area (Å²) < 4.78 is 11.2. The molecule has 5 nitrogen and oxygen atoms in total. The smallest absolute Gasteiger partial charge is 0.213 e. The first-order valence-corrected chi connectivity index (χ1v) is 8.24. The second-order valence-corrected chi connectivity index (χ2v) is 6.28. The highest BCUT2D eigenvalue weighted by Gasteiger charge is 2.21. The second kappa shape index (κ2) is 7.62. The maximum Gasteiger partial charge on any atom is 0.213 e. The normalized spacial score (nSPS) is 17.3. The summed E-state index contributed by atoms with van der Waals surface area (Å²) in [5.41, 5.74) is 2.50. The van der Waals surface area contributed by atoms with E-state index in [1.54, 1.807) is 6.26 Å². The lowest BCUT2D eigenvalue weighted by molar-refractivity contribution is 0.253. The highest BCUT2D eigenvalue weighted by atomic mass is 16.5. The molecule has 1 N–H and O–H groups in total. The Balaban J connectivity index is 1.55. The fraction of sp³-hybridized carbons (Fsp3) is 0.500. The van der Waals surface area contributed by atoms with Crippen molar-refractivity contribution in [3.63, 3.8) is 0 Å². The summed E-state index contributed by atoms with van der Waals surface area (Å²) in [6.45, 7) is 2.34. The topological polar surface area (TPSA) is 50.5 Å². The number of fused-ring (bicyclic) bond motifs is 1. The number of nitrogens with zero attached hydrogens (tertiary/aromatic N) is 2. The first-order valence-electron chi connectivity index (χ1n) is 8.24. The van der Waals surface area contributed by atoms with Crippen molar-refractivity contribution in [2.45, 2.75) is 31.8 Å². The summed E-state index contributed by atoms with van der Waals surface area (Å²) in [5, 5.41) is 3.63. The molecule has 23 heavy (non-hydrogen) atoms. The molecule has 3 rings (SSSR count). The predicted molar refractivity (Wildman–Crippen MR) is 89.5 cm³/mol. The van der Waals surface area contributed by atoms with Crippen LogP contribution in [0, 0.1) is 0 Å². The van der Waals surface area contributed by atoms with Crippen LogP contribution in [0.5, 0.6) is 5.88 Å². The summed E-state index contributed by atoms with van der Waals surface area (Å²) in [6.07, 6.45) is 7.00. The van der Waals surface area contributed by atoms with E-state index in [1.807, 2.05) is 32.4 Å². The third-order valence-electron chi connectivity index (χ3n) is 4.19. The Labute approximate surface area is 137 Å². The van der Waals surface area contributed by atoms with Crippen LogP contribution < -0.4 is 10.1 Å². The fourth-order valence-corrected chi connectivity index (χ4v) is 2.91. The minimum atomic E-state index is 0.378. The van der Waals surface area contributed by atoms with Crippen LogP contribution in [-0.4, -0.2) is 37.1 Å².